The Hall–Kier alpha value is -2.40. The molecule has 0 saturated heterocycles. The Kier molecular flexibility index (Phi) is 4.88. The molecule has 4 nitrogen and oxygen atoms in total. The summed E-state index contributed by atoms with van der Waals surface area (Å²) in [7, 11) is 0. The van der Waals surface area contributed by atoms with Gasteiger partial charge in [0.2, 0.25) is 6.10 Å². The molecule has 5 heteroatoms. The van der Waals surface area contributed by atoms with Crippen LogP contribution in [0.2, 0.25) is 0 Å². The van der Waals surface area contributed by atoms with Gasteiger partial charge in [-0.05, 0) is 24.3 Å². The number of amides is 1. The normalized spacial score (nSPS) is 15.7. The van der Waals surface area contributed by atoms with Crippen LogP contribution in [0.4, 0.5) is 5.69 Å². The van der Waals surface area contributed by atoms with E-state index < -0.39 is 6.10 Å². The highest BCUT2D eigenvalue weighted by Crippen LogP contribution is 2.32. The fourth-order valence-electron chi connectivity index (χ4n) is 2.21. The maximum Gasteiger partial charge on any atom is 0.269 e. The molecule has 2 aromatic rings. The van der Waals surface area contributed by atoms with Crippen molar-refractivity contribution < 1.29 is 14.3 Å². The third-order valence-electron chi connectivity index (χ3n) is 3.30. The van der Waals surface area contributed by atoms with E-state index in [9.17, 15) is 4.79 Å². The first kappa shape index (κ1) is 15.5. The van der Waals surface area contributed by atoms with Gasteiger partial charge in [-0.1, -0.05) is 30.3 Å². The summed E-state index contributed by atoms with van der Waals surface area (Å²) in [4.78, 5) is 13.5. The maximum atomic E-state index is 12.5. The Bertz CT molecular complexity index is 717. The lowest BCUT2D eigenvalue weighted by molar-refractivity contribution is -0.125. The number of carbonyl (C=O) groups excluding carboxylic acids is 1. The van der Waals surface area contributed by atoms with E-state index in [-0.39, 0.29) is 12.5 Å². The van der Waals surface area contributed by atoms with Crippen molar-refractivity contribution in [3.63, 3.8) is 0 Å². The predicted octanol–water partition coefficient (Wildman–Crippen LogP) is 3.74. The maximum absolute atomic E-state index is 12.5. The summed E-state index contributed by atoms with van der Waals surface area (Å²) >= 11 is 1.62. The van der Waals surface area contributed by atoms with Crippen LogP contribution in [0, 0.1) is 0 Å². The quantitative estimate of drug-likeness (QED) is 0.671. The van der Waals surface area contributed by atoms with Gasteiger partial charge in [-0.2, -0.15) is 0 Å². The Labute approximate surface area is 139 Å². The number of para-hydroxylation sites is 3. The molecule has 1 N–H and O–H groups in total. The summed E-state index contributed by atoms with van der Waals surface area (Å²) in [5.41, 5.74) is 0.770. The number of benzene rings is 2. The zero-order valence-corrected chi connectivity index (χ0v) is 13.3. The van der Waals surface area contributed by atoms with Crippen molar-refractivity contribution in [2.75, 3.05) is 17.7 Å². The number of carbonyl (C=O) groups is 1. The smallest absolute Gasteiger partial charge is 0.269 e. The first-order valence-corrected chi connectivity index (χ1v) is 8.28. The van der Waals surface area contributed by atoms with Gasteiger partial charge < -0.3 is 14.8 Å². The van der Waals surface area contributed by atoms with Crippen LogP contribution in [-0.4, -0.2) is 24.4 Å². The first-order chi connectivity index (χ1) is 11.3. The second-order valence-corrected chi connectivity index (χ2v) is 6.01. The molecule has 1 amide bonds. The molecule has 23 heavy (non-hydrogen) atoms. The van der Waals surface area contributed by atoms with Crippen LogP contribution in [-0.2, 0) is 4.79 Å². The largest absolute Gasteiger partial charge is 0.485 e. The number of ether oxygens (including phenoxy) is 2. The summed E-state index contributed by atoms with van der Waals surface area (Å²) in [6.45, 7) is 3.92. The van der Waals surface area contributed by atoms with Crippen LogP contribution >= 0.6 is 11.8 Å². The molecule has 1 heterocycles. The molecule has 0 fully saturated rings. The highest BCUT2D eigenvalue weighted by molar-refractivity contribution is 7.99. The van der Waals surface area contributed by atoms with E-state index in [4.69, 9.17) is 9.47 Å². The summed E-state index contributed by atoms with van der Waals surface area (Å²) in [6.07, 6.45) is 1.17. The van der Waals surface area contributed by atoms with E-state index in [1.165, 1.54) is 0 Å². The van der Waals surface area contributed by atoms with Crippen LogP contribution in [0.3, 0.4) is 0 Å². The molecule has 0 spiro atoms. The fourth-order valence-corrected chi connectivity index (χ4v) is 2.95. The minimum Gasteiger partial charge on any atom is -0.485 e. The SMILES string of the molecule is C=CCSc1ccccc1NC(=O)[C@H]1COc2ccccc2O1. The minimum absolute atomic E-state index is 0.199. The van der Waals surface area contributed by atoms with Gasteiger partial charge in [-0.3, -0.25) is 4.79 Å². The standard InChI is InChI=1S/C18H17NO3S/c1-2-11-23-17-10-6-3-7-13(17)19-18(20)16-12-21-14-8-4-5-9-15(14)22-16/h2-10,16H,1,11-12H2,(H,19,20)/t16-/m1/s1. The molecule has 1 aliphatic heterocycles. The van der Waals surface area contributed by atoms with Crippen LogP contribution in [0.5, 0.6) is 11.5 Å². The van der Waals surface area contributed by atoms with E-state index in [0.717, 1.165) is 16.3 Å². The molecule has 3 rings (SSSR count). The number of nitrogens with one attached hydrogen (secondary N) is 1. The molecule has 1 aliphatic rings. The Morgan fingerprint density at radius 3 is 2.78 bits per heavy atom. The van der Waals surface area contributed by atoms with Gasteiger partial charge in [-0.25, -0.2) is 0 Å². The number of anilines is 1. The fraction of sp³-hybridized carbons (Fsp3) is 0.167. The average molecular weight is 327 g/mol. The van der Waals surface area contributed by atoms with E-state index in [1.54, 1.807) is 17.8 Å². The number of hydrogen-bond donors (Lipinski definition) is 1. The number of rotatable bonds is 5. The van der Waals surface area contributed by atoms with Gasteiger partial charge in [0.15, 0.2) is 11.5 Å². The summed E-state index contributed by atoms with van der Waals surface area (Å²) in [5.74, 6) is 1.82. The van der Waals surface area contributed by atoms with Crippen LogP contribution in [0.15, 0.2) is 66.1 Å². The van der Waals surface area contributed by atoms with Crippen LogP contribution < -0.4 is 14.8 Å². The first-order valence-electron chi connectivity index (χ1n) is 7.30. The average Bonchev–Trinajstić information content (AvgIpc) is 2.60. The molecule has 0 radical (unpaired) electrons. The lowest BCUT2D eigenvalue weighted by Crippen LogP contribution is -2.40. The summed E-state index contributed by atoms with van der Waals surface area (Å²) in [5, 5.41) is 2.92. The molecule has 0 aliphatic carbocycles. The highest BCUT2D eigenvalue weighted by atomic mass is 32.2. The van der Waals surface area contributed by atoms with Gasteiger partial charge >= 0.3 is 0 Å². The zero-order chi connectivity index (χ0) is 16.1. The third kappa shape index (κ3) is 3.68. The van der Waals surface area contributed by atoms with Crippen molar-refractivity contribution in [2.45, 2.75) is 11.0 Å². The monoisotopic (exact) mass is 327 g/mol. The molecule has 2 aromatic carbocycles. The molecule has 0 aromatic heterocycles. The Balaban J connectivity index is 1.70. The van der Waals surface area contributed by atoms with Crippen LogP contribution in [0.1, 0.15) is 0 Å². The number of hydrogen-bond acceptors (Lipinski definition) is 4. The van der Waals surface area contributed by atoms with Crippen molar-refractivity contribution in [1.29, 1.82) is 0 Å². The molecular formula is C18H17NO3S. The van der Waals surface area contributed by atoms with E-state index >= 15 is 0 Å². The molecule has 0 saturated carbocycles. The molecule has 0 bridgehead atoms. The second kappa shape index (κ2) is 7.24. The van der Waals surface area contributed by atoms with Gasteiger partial charge in [0.05, 0.1) is 5.69 Å². The van der Waals surface area contributed by atoms with Crippen molar-refractivity contribution in [3.05, 3.63) is 61.2 Å². The van der Waals surface area contributed by atoms with E-state index in [1.807, 2.05) is 48.5 Å². The second-order valence-electron chi connectivity index (χ2n) is 4.95. The number of thioether (sulfide) groups is 1. The zero-order valence-electron chi connectivity index (χ0n) is 12.5. The van der Waals surface area contributed by atoms with Gasteiger partial charge in [0, 0.05) is 10.6 Å². The predicted molar refractivity (Wildman–Crippen MR) is 92.3 cm³/mol. The van der Waals surface area contributed by atoms with Crippen LogP contribution in [0.25, 0.3) is 0 Å². The minimum atomic E-state index is -0.664. The summed E-state index contributed by atoms with van der Waals surface area (Å²) < 4.78 is 11.3. The molecular weight excluding hydrogens is 310 g/mol. The van der Waals surface area contributed by atoms with E-state index in [0.29, 0.717) is 11.5 Å². The van der Waals surface area contributed by atoms with Gasteiger partial charge in [-0.15, -0.1) is 18.3 Å². The topological polar surface area (TPSA) is 47.6 Å². The number of fused-ring (bicyclic) bond motifs is 1. The molecule has 0 unspecified atom stereocenters. The lowest BCUT2D eigenvalue weighted by Gasteiger charge is -2.25. The van der Waals surface area contributed by atoms with Gasteiger partial charge in [0.25, 0.3) is 5.91 Å². The molecule has 1 atom stereocenters. The lowest BCUT2D eigenvalue weighted by atomic mass is 10.2. The highest BCUT2D eigenvalue weighted by Gasteiger charge is 2.27. The van der Waals surface area contributed by atoms with Crippen molar-refractivity contribution in [3.8, 4) is 11.5 Å². The van der Waals surface area contributed by atoms with E-state index in [2.05, 4.69) is 11.9 Å². The van der Waals surface area contributed by atoms with Crippen molar-refractivity contribution in [2.24, 2.45) is 0 Å². The summed E-state index contributed by atoms with van der Waals surface area (Å²) in [6, 6.07) is 15.0. The Morgan fingerprint density at radius 1 is 1.22 bits per heavy atom. The molecule has 118 valence electrons. The van der Waals surface area contributed by atoms with Gasteiger partial charge in [0.1, 0.15) is 6.61 Å². The van der Waals surface area contributed by atoms with Crippen molar-refractivity contribution >= 4 is 23.4 Å². The third-order valence-corrected chi connectivity index (χ3v) is 4.37. The Morgan fingerprint density at radius 2 is 1.96 bits per heavy atom. The van der Waals surface area contributed by atoms with Crippen molar-refractivity contribution in [1.82, 2.24) is 0 Å².